The summed E-state index contributed by atoms with van der Waals surface area (Å²) in [5.74, 6) is 3.79. The van der Waals surface area contributed by atoms with Crippen LogP contribution >= 0.6 is 0 Å². The zero-order chi connectivity index (χ0) is 12.4. The topological polar surface area (TPSA) is 33.3 Å². The number of ether oxygens (including phenoxy) is 1. The summed E-state index contributed by atoms with van der Waals surface area (Å²) >= 11 is 0. The summed E-state index contributed by atoms with van der Waals surface area (Å²) in [6.07, 6.45) is 5.98. The molecule has 0 aromatic carbocycles. The van der Waals surface area contributed by atoms with Crippen LogP contribution in [0.3, 0.4) is 0 Å². The number of rotatable bonds is 8. The highest BCUT2D eigenvalue weighted by molar-refractivity contribution is 4.93. The van der Waals surface area contributed by atoms with Crippen LogP contribution in [0.15, 0.2) is 0 Å². The van der Waals surface area contributed by atoms with Crippen LogP contribution in [-0.4, -0.2) is 38.9 Å². The van der Waals surface area contributed by atoms with Crippen molar-refractivity contribution in [1.29, 1.82) is 0 Å². The van der Waals surface area contributed by atoms with E-state index < -0.39 is 0 Å². The van der Waals surface area contributed by atoms with Gasteiger partial charge in [0, 0.05) is 18.5 Å². The molecule has 0 spiro atoms. The highest BCUT2D eigenvalue weighted by Crippen LogP contribution is 2.48. The fourth-order valence-corrected chi connectivity index (χ4v) is 3.49. The van der Waals surface area contributed by atoms with E-state index in [0.717, 1.165) is 44.1 Å². The SMILES string of the molecule is CCNC1COCC1CNCC(C1CC1)C1CC1. The van der Waals surface area contributed by atoms with Gasteiger partial charge in [0.1, 0.15) is 0 Å². The third-order valence-corrected chi connectivity index (χ3v) is 4.91. The minimum Gasteiger partial charge on any atom is -0.379 e. The summed E-state index contributed by atoms with van der Waals surface area (Å²) in [6, 6.07) is 0.572. The molecule has 1 saturated heterocycles. The molecule has 104 valence electrons. The van der Waals surface area contributed by atoms with E-state index in [1.54, 1.807) is 0 Å². The Kier molecular flexibility index (Phi) is 4.22. The maximum atomic E-state index is 5.60. The van der Waals surface area contributed by atoms with Gasteiger partial charge in [0.2, 0.25) is 0 Å². The second kappa shape index (κ2) is 5.89. The van der Waals surface area contributed by atoms with Gasteiger partial charge in [-0.2, -0.15) is 0 Å². The quantitative estimate of drug-likeness (QED) is 0.689. The molecule has 3 aliphatic rings. The minimum absolute atomic E-state index is 0.572. The lowest BCUT2D eigenvalue weighted by Gasteiger charge is -2.21. The van der Waals surface area contributed by atoms with Gasteiger partial charge in [-0.3, -0.25) is 0 Å². The molecular weight excluding hydrogens is 224 g/mol. The fraction of sp³-hybridized carbons (Fsp3) is 1.00. The lowest BCUT2D eigenvalue weighted by molar-refractivity contribution is 0.182. The zero-order valence-electron chi connectivity index (χ0n) is 11.7. The number of likely N-dealkylation sites (N-methyl/N-ethyl adjacent to an activating group) is 1. The molecule has 2 N–H and O–H groups in total. The first-order valence-corrected chi connectivity index (χ1v) is 7.90. The van der Waals surface area contributed by atoms with Gasteiger partial charge in [0.15, 0.2) is 0 Å². The number of hydrogen-bond donors (Lipinski definition) is 2. The highest BCUT2D eigenvalue weighted by atomic mass is 16.5. The Labute approximate surface area is 111 Å². The van der Waals surface area contributed by atoms with Crippen molar-refractivity contribution < 1.29 is 4.74 Å². The molecular formula is C15H28N2O. The van der Waals surface area contributed by atoms with E-state index in [4.69, 9.17) is 4.74 Å². The van der Waals surface area contributed by atoms with Crippen LogP contribution in [0.1, 0.15) is 32.6 Å². The van der Waals surface area contributed by atoms with Crippen molar-refractivity contribution in [2.24, 2.45) is 23.7 Å². The second-order valence-corrected chi connectivity index (χ2v) is 6.46. The van der Waals surface area contributed by atoms with E-state index in [-0.39, 0.29) is 0 Å². The van der Waals surface area contributed by atoms with Crippen molar-refractivity contribution in [2.45, 2.75) is 38.6 Å². The minimum atomic E-state index is 0.572. The third-order valence-electron chi connectivity index (χ3n) is 4.91. The van der Waals surface area contributed by atoms with Gasteiger partial charge in [-0.05, 0) is 56.5 Å². The molecule has 18 heavy (non-hydrogen) atoms. The second-order valence-electron chi connectivity index (χ2n) is 6.46. The van der Waals surface area contributed by atoms with Crippen molar-refractivity contribution >= 4 is 0 Å². The lowest BCUT2D eigenvalue weighted by atomic mass is 9.97. The predicted molar refractivity (Wildman–Crippen MR) is 73.6 cm³/mol. The smallest absolute Gasteiger partial charge is 0.0623 e. The van der Waals surface area contributed by atoms with Crippen LogP contribution in [0, 0.1) is 23.7 Å². The van der Waals surface area contributed by atoms with Crippen LogP contribution in [0.5, 0.6) is 0 Å². The average Bonchev–Trinajstić information content (AvgIpc) is 3.27. The van der Waals surface area contributed by atoms with Crippen molar-refractivity contribution in [1.82, 2.24) is 10.6 Å². The average molecular weight is 252 g/mol. The van der Waals surface area contributed by atoms with Gasteiger partial charge in [-0.15, -0.1) is 0 Å². The summed E-state index contributed by atoms with van der Waals surface area (Å²) in [6.45, 7) is 7.45. The van der Waals surface area contributed by atoms with Crippen molar-refractivity contribution in [3.05, 3.63) is 0 Å². The fourth-order valence-electron chi connectivity index (χ4n) is 3.49. The largest absolute Gasteiger partial charge is 0.379 e. The van der Waals surface area contributed by atoms with Crippen LogP contribution in [0.25, 0.3) is 0 Å². The molecule has 3 nitrogen and oxygen atoms in total. The van der Waals surface area contributed by atoms with Crippen molar-refractivity contribution in [2.75, 3.05) is 32.8 Å². The van der Waals surface area contributed by atoms with Crippen molar-refractivity contribution in [3.63, 3.8) is 0 Å². The highest BCUT2D eigenvalue weighted by Gasteiger charge is 2.41. The molecule has 0 amide bonds. The molecule has 3 fully saturated rings. The Bertz CT molecular complexity index is 251. The molecule has 0 aromatic rings. The first-order valence-electron chi connectivity index (χ1n) is 7.90. The maximum Gasteiger partial charge on any atom is 0.0623 e. The molecule has 0 radical (unpaired) electrons. The van der Waals surface area contributed by atoms with E-state index in [2.05, 4.69) is 17.6 Å². The Morgan fingerprint density at radius 1 is 1.11 bits per heavy atom. The van der Waals surface area contributed by atoms with E-state index in [0.29, 0.717) is 12.0 Å². The standard InChI is InChI=1S/C15H28N2O/c1-2-17-15-10-18-9-13(15)7-16-8-14(11-3-4-11)12-5-6-12/h11-17H,2-10H2,1H3. The Morgan fingerprint density at radius 2 is 1.83 bits per heavy atom. The van der Waals surface area contributed by atoms with E-state index in [1.165, 1.54) is 32.2 Å². The zero-order valence-corrected chi connectivity index (χ0v) is 11.7. The molecule has 1 aliphatic heterocycles. The van der Waals surface area contributed by atoms with Gasteiger partial charge in [-0.25, -0.2) is 0 Å². The first kappa shape index (κ1) is 12.9. The van der Waals surface area contributed by atoms with E-state index >= 15 is 0 Å². The molecule has 0 bridgehead atoms. The third kappa shape index (κ3) is 3.25. The first-order chi connectivity index (χ1) is 8.88. The van der Waals surface area contributed by atoms with Crippen molar-refractivity contribution in [3.8, 4) is 0 Å². The Balaban J connectivity index is 1.37. The summed E-state index contributed by atoms with van der Waals surface area (Å²) in [7, 11) is 0. The normalized spacial score (nSPS) is 32.3. The summed E-state index contributed by atoms with van der Waals surface area (Å²) in [4.78, 5) is 0. The van der Waals surface area contributed by atoms with Crippen LogP contribution in [-0.2, 0) is 4.74 Å². The van der Waals surface area contributed by atoms with Gasteiger partial charge in [-0.1, -0.05) is 6.92 Å². The number of nitrogens with one attached hydrogen (secondary N) is 2. The number of hydrogen-bond acceptors (Lipinski definition) is 3. The summed E-state index contributed by atoms with van der Waals surface area (Å²) < 4.78 is 5.60. The molecule has 2 atom stereocenters. The Morgan fingerprint density at radius 3 is 2.44 bits per heavy atom. The van der Waals surface area contributed by atoms with Crippen LogP contribution < -0.4 is 10.6 Å². The molecule has 3 heteroatoms. The maximum absolute atomic E-state index is 5.60. The van der Waals surface area contributed by atoms with Crippen LogP contribution in [0.2, 0.25) is 0 Å². The van der Waals surface area contributed by atoms with Crippen LogP contribution in [0.4, 0.5) is 0 Å². The van der Waals surface area contributed by atoms with Gasteiger partial charge in [0.05, 0.1) is 13.2 Å². The van der Waals surface area contributed by atoms with Gasteiger partial charge >= 0.3 is 0 Å². The van der Waals surface area contributed by atoms with E-state index in [1.807, 2.05) is 0 Å². The summed E-state index contributed by atoms with van der Waals surface area (Å²) in [5.41, 5.74) is 0. The molecule has 0 aromatic heterocycles. The molecule has 3 rings (SSSR count). The van der Waals surface area contributed by atoms with E-state index in [9.17, 15) is 0 Å². The lowest BCUT2D eigenvalue weighted by Crippen LogP contribution is -2.41. The Hall–Kier alpha value is -0.120. The molecule has 1 heterocycles. The molecule has 2 unspecified atom stereocenters. The summed E-state index contributed by atoms with van der Waals surface area (Å²) in [5, 5.41) is 7.28. The molecule has 2 aliphatic carbocycles. The predicted octanol–water partition coefficient (Wildman–Crippen LogP) is 1.64. The van der Waals surface area contributed by atoms with Gasteiger partial charge in [0.25, 0.3) is 0 Å². The monoisotopic (exact) mass is 252 g/mol. The molecule has 2 saturated carbocycles. The van der Waals surface area contributed by atoms with Gasteiger partial charge < -0.3 is 15.4 Å².